The van der Waals surface area contributed by atoms with Gasteiger partial charge >= 0.3 is 6.18 Å². The van der Waals surface area contributed by atoms with Gasteiger partial charge < -0.3 is 15.0 Å². The molecule has 0 aliphatic heterocycles. The molecule has 5 nitrogen and oxygen atoms in total. The number of ether oxygens (including phenoxy) is 1. The molecule has 1 heterocycles. The summed E-state index contributed by atoms with van der Waals surface area (Å²) in [5, 5.41) is 2.54. The first kappa shape index (κ1) is 21.1. The third kappa shape index (κ3) is 5.05. The zero-order valence-electron chi connectivity index (χ0n) is 15.6. The van der Waals surface area contributed by atoms with E-state index in [2.05, 4.69) is 10.3 Å². The number of carbonyl (C=O) groups excluding carboxylic acids is 1. The lowest BCUT2D eigenvalue weighted by atomic mass is 10.1. The summed E-state index contributed by atoms with van der Waals surface area (Å²) in [5.41, 5.74) is -0.634. The summed E-state index contributed by atoms with van der Waals surface area (Å²) >= 11 is 0. The molecule has 0 saturated carbocycles. The van der Waals surface area contributed by atoms with Crippen LogP contribution in [0.15, 0.2) is 59.5 Å². The largest absolute Gasteiger partial charge is 0.456 e. The Morgan fingerprint density at radius 3 is 2.50 bits per heavy atom. The number of aromatic amines is 1. The number of H-pyrrole nitrogens is 1. The SMILES string of the molecule is Cc1cc(F)ccc1Oc1cc(C(F)(F)F)ccc1C(=O)NCc1cc[nH]c(=O)c1. The monoisotopic (exact) mass is 420 g/mol. The van der Waals surface area contributed by atoms with Crippen molar-refractivity contribution in [2.75, 3.05) is 0 Å². The molecule has 1 aromatic heterocycles. The molecule has 2 N–H and O–H groups in total. The predicted molar refractivity (Wildman–Crippen MR) is 101 cm³/mol. The Labute approximate surface area is 168 Å². The molecule has 0 spiro atoms. The molecule has 9 heteroatoms. The minimum Gasteiger partial charge on any atom is -0.456 e. The van der Waals surface area contributed by atoms with Crippen molar-refractivity contribution in [1.82, 2.24) is 10.3 Å². The number of alkyl halides is 3. The van der Waals surface area contributed by atoms with Crippen LogP contribution in [-0.4, -0.2) is 10.9 Å². The highest BCUT2D eigenvalue weighted by Gasteiger charge is 2.32. The number of aromatic nitrogens is 1. The normalized spacial score (nSPS) is 11.2. The molecule has 0 fully saturated rings. The van der Waals surface area contributed by atoms with Crippen molar-refractivity contribution in [3.05, 3.63) is 93.2 Å². The Kier molecular flexibility index (Phi) is 5.91. The second-order valence-electron chi connectivity index (χ2n) is 6.46. The fourth-order valence-electron chi connectivity index (χ4n) is 2.69. The van der Waals surface area contributed by atoms with Crippen LogP contribution in [0.3, 0.4) is 0 Å². The second-order valence-corrected chi connectivity index (χ2v) is 6.46. The number of pyridine rings is 1. The van der Waals surface area contributed by atoms with Crippen LogP contribution in [0.1, 0.15) is 27.0 Å². The van der Waals surface area contributed by atoms with Gasteiger partial charge in [0.2, 0.25) is 5.56 Å². The zero-order valence-corrected chi connectivity index (χ0v) is 15.6. The fourth-order valence-corrected chi connectivity index (χ4v) is 2.69. The van der Waals surface area contributed by atoms with Crippen LogP contribution in [0, 0.1) is 12.7 Å². The molecule has 0 aliphatic rings. The molecular weight excluding hydrogens is 404 g/mol. The molecular formula is C21H16F4N2O3. The highest BCUT2D eigenvalue weighted by molar-refractivity contribution is 5.97. The van der Waals surface area contributed by atoms with E-state index in [-0.39, 0.29) is 29.2 Å². The van der Waals surface area contributed by atoms with Gasteiger partial charge in [0.25, 0.3) is 5.91 Å². The number of rotatable bonds is 5. The van der Waals surface area contributed by atoms with Crippen molar-refractivity contribution < 1.29 is 27.1 Å². The molecule has 0 radical (unpaired) electrons. The predicted octanol–water partition coefficient (Wildman–Crippen LogP) is 4.56. The summed E-state index contributed by atoms with van der Waals surface area (Å²) in [7, 11) is 0. The fraction of sp³-hybridized carbons (Fsp3) is 0.143. The number of hydrogen-bond acceptors (Lipinski definition) is 3. The quantitative estimate of drug-likeness (QED) is 0.595. The number of amides is 1. The average Bonchev–Trinajstić information content (AvgIpc) is 2.67. The van der Waals surface area contributed by atoms with Gasteiger partial charge in [-0.1, -0.05) is 0 Å². The lowest BCUT2D eigenvalue weighted by molar-refractivity contribution is -0.137. The minimum atomic E-state index is -4.64. The topological polar surface area (TPSA) is 71.2 Å². The molecule has 2 aromatic carbocycles. The first-order valence-electron chi connectivity index (χ1n) is 8.74. The lowest BCUT2D eigenvalue weighted by Crippen LogP contribution is -2.24. The highest BCUT2D eigenvalue weighted by Crippen LogP contribution is 2.35. The Morgan fingerprint density at radius 1 is 1.07 bits per heavy atom. The molecule has 0 unspecified atom stereocenters. The summed E-state index contributed by atoms with van der Waals surface area (Å²) in [5.74, 6) is -1.44. The summed E-state index contributed by atoms with van der Waals surface area (Å²) in [4.78, 5) is 26.4. The van der Waals surface area contributed by atoms with E-state index in [1.54, 1.807) is 6.07 Å². The molecule has 0 atom stereocenters. The first-order chi connectivity index (χ1) is 14.1. The maximum atomic E-state index is 13.3. The van der Waals surface area contributed by atoms with Crippen molar-refractivity contribution in [2.24, 2.45) is 0 Å². The van der Waals surface area contributed by atoms with Crippen LogP contribution in [-0.2, 0) is 12.7 Å². The van der Waals surface area contributed by atoms with Crippen molar-refractivity contribution in [3.8, 4) is 11.5 Å². The standard InChI is InChI=1S/C21H16F4N2O3/c1-12-8-15(22)3-5-17(12)30-18-10-14(21(23,24)25)2-4-16(18)20(29)27-11-13-6-7-26-19(28)9-13/h2-10H,11H2,1H3,(H,26,28)(H,27,29). The summed E-state index contributed by atoms with van der Waals surface area (Å²) in [6, 6.07) is 8.88. The van der Waals surface area contributed by atoms with Gasteiger partial charge in [-0.05, 0) is 60.5 Å². The number of hydrogen-bond donors (Lipinski definition) is 2. The molecule has 1 amide bonds. The van der Waals surface area contributed by atoms with Crippen LogP contribution in [0.2, 0.25) is 0 Å². The average molecular weight is 420 g/mol. The van der Waals surface area contributed by atoms with Crippen molar-refractivity contribution in [3.63, 3.8) is 0 Å². The van der Waals surface area contributed by atoms with E-state index >= 15 is 0 Å². The second kappa shape index (κ2) is 8.40. The Hall–Kier alpha value is -3.62. The zero-order chi connectivity index (χ0) is 21.9. The van der Waals surface area contributed by atoms with Gasteiger partial charge in [0.1, 0.15) is 17.3 Å². The molecule has 0 bridgehead atoms. The Balaban J connectivity index is 1.92. The van der Waals surface area contributed by atoms with Crippen LogP contribution < -0.4 is 15.6 Å². The summed E-state index contributed by atoms with van der Waals surface area (Å²) in [6.45, 7) is 1.51. The van der Waals surface area contributed by atoms with Gasteiger partial charge in [-0.3, -0.25) is 9.59 Å². The minimum absolute atomic E-state index is 0.0151. The molecule has 156 valence electrons. The number of benzene rings is 2. The van der Waals surface area contributed by atoms with Crippen LogP contribution in [0.5, 0.6) is 11.5 Å². The van der Waals surface area contributed by atoms with E-state index in [0.29, 0.717) is 17.2 Å². The first-order valence-corrected chi connectivity index (χ1v) is 8.74. The maximum absolute atomic E-state index is 13.3. The third-order valence-electron chi connectivity index (χ3n) is 4.20. The molecule has 0 aliphatic carbocycles. The van der Waals surface area contributed by atoms with Crippen molar-refractivity contribution in [2.45, 2.75) is 19.6 Å². The lowest BCUT2D eigenvalue weighted by Gasteiger charge is -2.15. The van der Waals surface area contributed by atoms with E-state index in [0.717, 1.165) is 24.3 Å². The summed E-state index contributed by atoms with van der Waals surface area (Å²) < 4.78 is 58.3. The summed E-state index contributed by atoms with van der Waals surface area (Å²) in [6.07, 6.45) is -3.23. The molecule has 0 saturated heterocycles. The Morgan fingerprint density at radius 2 is 1.83 bits per heavy atom. The van der Waals surface area contributed by atoms with Gasteiger partial charge in [-0.2, -0.15) is 13.2 Å². The van der Waals surface area contributed by atoms with E-state index < -0.39 is 23.5 Å². The smallest absolute Gasteiger partial charge is 0.416 e. The van der Waals surface area contributed by atoms with E-state index in [9.17, 15) is 27.2 Å². The molecule has 3 rings (SSSR count). The number of aryl methyl sites for hydroxylation is 1. The van der Waals surface area contributed by atoms with Crippen molar-refractivity contribution in [1.29, 1.82) is 0 Å². The van der Waals surface area contributed by atoms with Gasteiger partial charge in [0.15, 0.2) is 0 Å². The van der Waals surface area contributed by atoms with Crippen LogP contribution >= 0.6 is 0 Å². The number of halogens is 4. The number of nitrogens with one attached hydrogen (secondary N) is 2. The van der Waals surface area contributed by atoms with Crippen LogP contribution in [0.4, 0.5) is 17.6 Å². The number of carbonyl (C=O) groups is 1. The van der Waals surface area contributed by atoms with Gasteiger partial charge in [-0.15, -0.1) is 0 Å². The van der Waals surface area contributed by atoms with E-state index in [1.165, 1.54) is 25.3 Å². The van der Waals surface area contributed by atoms with Gasteiger partial charge in [0, 0.05) is 18.8 Å². The van der Waals surface area contributed by atoms with Crippen molar-refractivity contribution >= 4 is 5.91 Å². The molecule has 3 aromatic rings. The maximum Gasteiger partial charge on any atom is 0.416 e. The molecule has 30 heavy (non-hydrogen) atoms. The van der Waals surface area contributed by atoms with E-state index in [1.807, 2.05) is 0 Å². The van der Waals surface area contributed by atoms with E-state index in [4.69, 9.17) is 4.74 Å². The Bertz CT molecular complexity index is 1140. The highest BCUT2D eigenvalue weighted by atomic mass is 19.4. The third-order valence-corrected chi connectivity index (χ3v) is 4.20. The van der Waals surface area contributed by atoms with Gasteiger partial charge in [-0.25, -0.2) is 4.39 Å². The van der Waals surface area contributed by atoms with Crippen LogP contribution in [0.25, 0.3) is 0 Å². The van der Waals surface area contributed by atoms with Gasteiger partial charge in [0.05, 0.1) is 11.1 Å².